The maximum Gasteiger partial charge on any atom is 0.120 e. The third-order valence-corrected chi connectivity index (χ3v) is 5.31. The van der Waals surface area contributed by atoms with E-state index in [9.17, 15) is 0 Å². The number of ether oxygens (including phenoxy) is 1. The molecule has 0 amide bonds. The molecule has 2 unspecified atom stereocenters. The van der Waals surface area contributed by atoms with E-state index in [0.717, 1.165) is 23.2 Å². The van der Waals surface area contributed by atoms with Crippen LogP contribution in [0.15, 0.2) is 46.5 Å². The van der Waals surface area contributed by atoms with Crippen LogP contribution in [0.5, 0.6) is 5.75 Å². The fraction of sp³-hybridized carbons (Fsp3) is 0.412. The molecular weight excluding hydrogens is 300 g/mol. The molecule has 0 saturated heterocycles. The van der Waals surface area contributed by atoms with Gasteiger partial charge in [0.1, 0.15) is 5.75 Å². The van der Waals surface area contributed by atoms with E-state index in [1.807, 2.05) is 0 Å². The topological polar surface area (TPSA) is 9.23 Å². The van der Waals surface area contributed by atoms with Crippen LogP contribution >= 0.6 is 15.9 Å². The van der Waals surface area contributed by atoms with Gasteiger partial charge in [0.2, 0.25) is 0 Å². The number of hydrogen-bond donors (Lipinski definition) is 0. The summed E-state index contributed by atoms with van der Waals surface area (Å²) >= 11 is 3.62. The lowest BCUT2D eigenvalue weighted by Gasteiger charge is -2.50. The number of allylic oxidation sites excluding steroid dienone is 3. The van der Waals surface area contributed by atoms with Gasteiger partial charge < -0.3 is 4.74 Å². The predicted molar refractivity (Wildman–Crippen MR) is 80.5 cm³/mol. The lowest BCUT2D eigenvalue weighted by atomic mass is 9.54. The summed E-state index contributed by atoms with van der Waals surface area (Å²) in [5, 5.41) is 0. The predicted octanol–water partition coefficient (Wildman–Crippen LogP) is 4.98. The van der Waals surface area contributed by atoms with Crippen molar-refractivity contribution < 1.29 is 4.74 Å². The Balaban J connectivity index is 1.83. The van der Waals surface area contributed by atoms with Crippen LogP contribution in [0.4, 0.5) is 0 Å². The molecule has 1 fully saturated rings. The van der Waals surface area contributed by atoms with Gasteiger partial charge in [0.15, 0.2) is 0 Å². The fourth-order valence-electron chi connectivity index (χ4n) is 3.79. The minimum Gasteiger partial charge on any atom is -0.493 e. The maximum absolute atomic E-state index is 5.90. The van der Waals surface area contributed by atoms with Crippen LogP contribution in [-0.2, 0) is 0 Å². The Hall–Kier alpha value is -1.02. The summed E-state index contributed by atoms with van der Waals surface area (Å²) in [7, 11) is 0. The van der Waals surface area contributed by atoms with E-state index >= 15 is 0 Å². The number of benzene rings is 1. The Labute approximate surface area is 122 Å². The second-order valence-electron chi connectivity index (χ2n) is 5.97. The number of halogens is 1. The average molecular weight is 317 g/mol. The molecule has 19 heavy (non-hydrogen) atoms. The van der Waals surface area contributed by atoms with Gasteiger partial charge in [-0.05, 0) is 59.9 Å². The molecule has 4 rings (SSSR count). The van der Waals surface area contributed by atoms with Gasteiger partial charge in [0.05, 0.1) is 6.61 Å². The normalized spacial score (nSPS) is 31.6. The molecule has 0 aromatic heterocycles. The van der Waals surface area contributed by atoms with E-state index in [-0.39, 0.29) is 0 Å². The van der Waals surface area contributed by atoms with Crippen LogP contribution in [0, 0.1) is 5.41 Å². The molecule has 1 heterocycles. The first-order chi connectivity index (χ1) is 9.25. The molecule has 2 aliphatic carbocycles. The molecule has 1 aromatic rings. The van der Waals surface area contributed by atoms with E-state index < -0.39 is 0 Å². The smallest absolute Gasteiger partial charge is 0.120 e. The highest BCUT2D eigenvalue weighted by Crippen LogP contribution is 2.58. The SMILES string of the molecule is Brc1cc2cc(c1)C1CCC13C=C(C=CC3)CCO2. The van der Waals surface area contributed by atoms with Crippen molar-refractivity contribution in [2.45, 2.75) is 31.6 Å². The van der Waals surface area contributed by atoms with Crippen molar-refractivity contribution in [2.75, 3.05) is 6.61 Å². The highest BCUT2D eigenvalue weighted by molar-refractivity contribution is 9.10. The van der Waals surface area contributed by atoms with Gasteiger partial charge in [0.25, 0.3) is 0 Å². The van der Waals surface area contributed by atoms with E-state index in [4.69, 9.17) is 4.74 Å². The number of rotatable bonds is 0. The van der Waals surface area contributed by atoms with E-state index in [1.165, 1.54) is 30.4 Å². The van der Waals surface area contributed by atoms with Crippen LogP contribution in [0.1, 0.15) is 37.2 Å². The summed E-state index contributed by atoms with van der Waals surface area (Å²) in [6.07, 6.45) is 12.0. The van der Waals surface area contributed by atoms with Gasteiger partial charge in [-0.2, -0.15) is 0 Å². The molecule has 2 heteroatoms. The van der Waals surface area contributed by atoms with Crippen LogP contribution < -0.4 is 4.74 Å². The van der Waals surface area contributed by atoms with Crippen molar-refractivity contribution in [3.63, 3.8) is 0 Å². The quantitative estimate of drug-likeness (QED) is 0.655. The van der Waals surface area contributed by atoms with Gasteiger partial charge >= 0.3 is 0 Å². The zero-order valence-electron chi connectivity index (χ0n) is 10.9. The first-order valence-corrected chi connectivity index (χ1v) is 7.86. The summed E-state index contributed by atoms with van der Waals surface area (Å²) in [4.78, 5) is 0. The molecule has 1 aliphatic heterocycles. The van der Waals surface area contributed by atoms with Crippen LogP contribution in [0.2, 0.25) is 0 Å². The largest absolute Gasteiger partial charge is 0.493 e. The first kappa shape index (κ1) is 11.8. The molecule has 0 radical (unpaired) electrons. The van der Waals surface area contributed by atoms with Gasteiger partial charge in [-0.1, -0.05) is 34.2 Å². The van der Waals surface area contributed by atoms with E-state index in [0.29, 0.717) is 11.3 Å². The maximum atomic E-state index is 5.90. The number of fused-ring (bicyclic) bond motifs is 3. The Morgan fingerprint density at radius 3 is 3.05 bits per heavy atom. The van der Waals surface area contributed by atoms with Crippen molar-refractivity contribution in [3.05, 3.63) is 52.0 Å². The van der Waals surface area contributed by atoms with E-state index in [2.05, 4.69) is 52.4 Å². The molecule has 1 aromatic carbocycles. The summed E-state index contributed by atoms with van der Waals surface area (Å²) in [5.41, 5.74) is 3.28. The van der Waals surface area contributed by atoms with Crippen molar-refractivity contribution in [1.29, 1.82) is 0 Å². The van der Waals surface area contributed by atoms with Crippen molar-refractivity contribution >= 4 is 15.9 Å². The zero-order chi connectivity index (χ0) is 12.9. The third kappa shape index (κ3) is 1.88. The average Bonchev–Trinajstić information content (AvgIpc) is 2.36. The molecule has 1 spiro atoms. The molecule has 0 N–H and O–H groups in total. The second kappa shape index (κ2) is 4.24. The van der Waals surface area contributed by atoms with E-state index in [1.54, 1.807) is 0 Å². The molecule has 3 aliphatic rings. The molecule has 4 bridgehead atoms. The minimum atomic E-state index is 0.388. The lowest BCUT2D eigenvalue weighted by Crippen LogP contribution is -2.37. The van der Waals surface area contributed by atoms with Crippen molar-refractivity contribution in [2.24, 2.45) is 5.41 Å². The lowest BCUT2D eigenvalue weighted by molar-refractivity contribution is 0.151. The monoisotopic (exact) mass is 316 g/mol. The molecule has 2 atom stereocenters. The molecule has 1 saturated carbocycles. The Morgan fingerprint density at radius 1 is 1.26 bits per heavy atom. The summed E-state index contributed by atoms with van der Waals surface area (Å²) in [6, 6.07) is 6.59. The Kier molecular flexibility index (Phi) is 2.63. The van der Waals surface area contributed by atoms with Crippen molar-refractivity contribution in [3.8, 4) is 5.75 Å². The van der Waals surface area contributed by atoms with Crippen LogP contribution in [0.3, 0.4) is 0 Å². The highest BCUT2D eigenvalue weighted by atomic mass is 79.9. The first-order valence-electron chi connectivity index (χ1n) is 7.07. The van der Waals surface area contributed by atoms with Crippen LogP contribution in [0.25, 0.3) is 0 Å². The highest BCUT2D eigenvalue weighted by Gasteiger charge is 2.46. The molecular formula is C17H17BrO. The number of hydrogen-bond acceptors (Lipinski definition) is 1. The van der Waals surface area contributed by atoms with Crippen LogP contribution in [-0.4, -0.2) is 6.61 Å². The molecule has 1 nitrogen and oxygen atoms in total. The standard InChI is InChI=1S/C17H17BrO/c18-14-8-13-9-15(10-14)19-7-4-12-2-1-5-17(11-12)6-3-16(13)17/h1-2,8-11,16H,3-7H2. The fourth-order valence-corrected chi connectivity index (χ4v) is 4.28. The second-order valence-corrected chi connectivity index (χ2v) is 6.88. The Morgan fingerprint density at radius 2 is 2.21 bits per heavy atom. The summed E-state index contributed by atoms with van der Waals surface area (Å²) in [5.74, 6) is 1.67. The third-order valence-electron chi connectivity index (χ3n) is 4.85. The van der Waals surface area contributed by atoms with Gasteiger partial charge in [-0.25, -0.2) is 0 Å². The van der Waals surface area contributed by atoms with Gasteiger partial charge in [0, 0.05) is 10.9 Å². The zero-order valence-corrected chi connectivity index (χ0v) is 12.4. The molecule has 98 valence electrons. The summed E-state index contributed by atoms with van der Waals surface area (Å²) in [6.45, 7) is 0.771. The van der Waals surface area contributed by atoms with Gasteiger partial charge in [-0.3, -0.25) is 0 Å². The summed E-state index contributed by atoms with van der Waals surface area (Å²) < 4.78 is 7.03. The van der Waals surface area contributed by atoms with Crippen molar-refractivity contribution in [1.82, 2.24) is 0 Å². The Bertz CT molecular complexity index is 587. The minimum absolute atomic E-state index is 0.388. The van der Waals surface area contributed by atoms with Gasteiger partial charge in [-0.15, -0.1) is 0 Å².